The van der Waals surface area contributed by atoms with Gasteiger partial charge in [0.25, 0.3) is 5.91 Å². The van der Waals surface area contributed by atoms with Gasteiger partial charge in [-0.3, -0.25) is 9.59 Å². The number of amides is 1. The Morgan fingerprint density at radius 3 is 2.54 bits per heavy atom. The van der Waals surface area contributed by atoms with Crippen molar-refractivity contribution in [2.45, 2.75) is 26.7 Å². The smallest absolute Gasteiger partial charge is 0.291 e. The zero-order valence-electron chi connectivity index (χ0n) is 13.9. The van der Waals surface area contributed by atoms with Crippen LogP contribution in [0.1, 0.15) is 41.4 Å². The lowest BCUT2D eigenvalue weighted by atomic mass is 9.98. The van der Waals surface area contributed by atoms with Gasteiger partial charge in [-0.25, -0.2) is 0 Å². The lowest BCUT2D eigenvalue weighted by molar-refractivity contribution is 0.0997. The fraction of sp³-hybridized carbons (Fsp3) is 0.200. The number of carbonyl (C=O) groups is 1. The molecule has 1 N–H and O–H groups in total. The molecule has 0 saturated carbocycles. The molecule has 1 aromatic heterocycles. The van der Waals surface area contributed by atoms with E-state index in [1.807, 2.05) is 25.1 Å². The highest BCUT2D eigenvalue weighted by Crippen LogP contribution is 2.22. The van der Waals surface area contributed by atoms with Crippen LogP contribution in [0.3, 0.4) is 0 Å². The van der Waals surface area contributed by atoms with Gasteiger partial charge in [0.1, 0.15) is 5.58 Å². The highest BCUT2D eigenvalue weighted by molar-refractivity contribution is 6.03. The zero-order chi connectivity index (χ0) is 17.3. The molecule has 0 spiro atoms. The Morgan fingerprint density at radius 1 is 1.08 bits per heavy atom. The molecule has 0 fully saturated rings. The van der Waals surface area contributed by atoms with E-state index >= 15 is 0 Å². The summed E-state index contributed by atoms with van der Waals surface area (Å²) < 4.78 is 5.56. The van der Waals surface area contributed by atoms with Crippen LogP contribution in [0.15, 0.2) is 57.7 Å². The molecule has 0 aliphatic rings. The molecule has 122 valence electrons. The molecule has 0 aliphatic carbocycles. The predicted octanol–water partition coefficient (Wildman–Crippen LogP) is 4.48. The van der Waals surface area contributed by atoms with E-state index in [0.29, 0.717) is 22.6 Å². The van der Waals surface area contributed by atoms with E-state index in [4.69, 9.17) is 4.42 Å². The van der Waals surface area contributed by atoms with Crippen LogP contribution in [-0.4, -0.2) is 5.91 Å². The van der Waals surface area contributed by atoms with Gasteiger partial charge in [-0.1, -0.05) is 32.0 Å². The minimum Gasteiger partial charge on any atom is -0.451 e. The first kappa shape index (κ1) is 16.0. The molecule has 4 nitrogen and oxygen atoms in total. The van der Waals surface area contributed by atoms with Crippen molar-refractivity contribution in [2.75, 3.05) is 5.32 Å². The fourth-order valence-corrected chi connectivity index (χ4v) is 2.81. The SMILES string of the molecule is Cc1cc(NC(=O)c2cc(=O)c3ccccc3o2)ccc1C(C)C. The first-order valence-corrected chi connectivity index (χ1v) is 7.90. The topological polar surface area (TPSA) is 59.3 Å². The second-order valence-corrected chi connectivity index (χ2v) is 6.15. The van der Waals surface area contributed by atoms with Crippen molar-refractivity contribution in [1.82, 2.24) is 0 Å². The van der Waals surface area contributed by atoms with Crippen molar-refractivity contribution in [3.05, 3.63) is 75.6 Å². The maximum atomic E-state index is 12.4. The van der Waals surface area contributed by atoms with Gasteiger partial charge < -0.3 is 9.73 Å². The molecule has 3 rings (SSSR count). The second-order valence-electron chi connectivity index (χ2n) is 6.15. The van der Waals surface area contributed by atoms with E-state index in [1.165, 1.54) is 11.6 Å². The van der Waals surface area contributed by atoms with Crippen LogP contribution in [0.5, 0.6) is 0 Å². The van der Waals surface area contributed by atoms with Crippen LogP contribution in [0, 0.1) is 6.92 Å². The first-order valence-electron chi connectivity index (χ1n) is 7.90. The van der Waals surface area contributed by atoms with Crippen molar-refractivity contribution in [1.29, 1.82) is 0 Å². The number of aryl methyl sites for hydroxylation is 1. The molecule has 1 amide bonds. The molecule has 3 aromatic rings. The fourth-order valence-electron chi connectivity index (χ4n) is 2.81. The molecule has 1 heterocycles. The van der Waals surface area contributed by atoms with Crippen molar-refractivity contribution >= 4 is 22.6 Å². The molecule has 0 aliphatic heterocycles. The molecular formula is C20H19NO3. The lowest BCUT2D eigenvalue weighted by Crippen LogP contribution is -2.15. The summed E-state index contributed by atoms with van der Waals surface area (Å²) in [5.41, 5.74) is 3.21. The van der Waals surface area contributed by atoms with Crippen molar-refractivity contribution in [2.24, 2.45) is 0 Å². The number of nitrogens with one attached hydrogen (secondary N) is 1. The van der Waals surface area contributed by atoms with Crippen molar-refractivity contribution < 1.29 is 9.21 Å². The van der Waals surface area contributed by atoms with Crippen LogP contribution in [0.25, 0.3) is 11.0 Å². The van der Waals surface area contributed by atoms with E-state index in [1.54, 1.807) is 24.3 Å². The molecule has 4 heteroatoms. The van der Waals surface area contributed by atoms with E-state index in [2.05, 4.69) is 19.2 Å². The number of rotatable bonds is 3. The van der Waals surface area contributed by atoms with Gasteiger partial charge in [-0.15, -0.1) is 0 Å². The zero-order valence-corrected chi connectivity index (χ0v) is 13.9. The van der Waals surface area contributed by atoms with Gasteiger partial charge in [-0.05, 0) is 48.2 Å². The maximum absolute atomic E-state index is 12.4. The minimum atomic E-state index is -0.436. The number of fused-ring (bicyclic) bond motifs is 1. The highest BCUT2D eigenvalue weighted by Gasteiger charge is 2.13. The summed E-state index contributed by atoms with van der Waals surface area (Å²) in [4.78, 5) is 24.5. The number of carbonyl (C=O) groups excluding carboxylic acids is 1. The summed E-state index contributed by atoms with van der Waals surface area (Å²) in [6, 6.07) is 13.9. The average Bonchev–Trinajstić information content (AvgIpc) is 2.54. The van der Waals surface area contributed by atoms with E-state index in [-0.39, 0.29) is 11.2 Å². The van der Waals surface area contributed by atoms with Crippen LogP contribution >= 0.6 is 0 Å². The molecule has 0 unspecified atom stereocenters. The Labute approximate surface area is 140 Å². The van der Waals surface area contributed by atoms with Gasteiger partial charge in [-0.2, -0.15) is 0 Å². The normalized spacial score (nSPS) is 11.0. The Kier molecular flexibility index (Phi) is 4.21. The Hall–Kier alpha value is -2.88. The standard InChI is InChI=1S/C20H19NO3/c1-12(2)15-9-8-14(10-13(15)3)21-20(23)19-11-17(22)16-6-4-5-7-18(16)24-19/h4-12H,1-3H3,(H,21,23). The molecule has 0 radical (unpaired) electrons. The number of para-hydroxylation sites is 1. The Bertz CT molecular complexity index is 970. The minimum absolute atomic E-state index is 0.00397. The van der Waals surface area contributed by atoms with Crippen LogP contribution in [0.2, 0.25) is 0 Å². The molecule has 2 aromatic carbocycles. The number of anilines is 1. The van der Waals surface area contributed by atoms with Crippen LogP contribution in [0.4, 0.5) is 5.69 Å². The van der Waals surface area contributed by atoms with Crippen LogP contribution in [-0.2, 0) is 0 Å². The Balaban J connectivity index is 1.90. The summed E-state index contributed by atoms with van der Waals surface area (Å²) in [6.07, 6.45) is 0. The third kappa shape index (κ3) is 3.08. The third-order valence-corrected chi connectivity index (χ3v) is 4.01. The van der Waals surface area contributed by atoms with Gasteiger partial charge in [0.2, 0.25) is 0 Å². The highest BCUT2D eigenvalue weighted by atomic mass is 16.3. The molecular weight excluding hydrogens is 302 g/mol. The summed E-state index contributed by atoms with van der Waals surface area (Å²) in [5.74, 6) is -0.00731. The average molecular weight is 321 g/mol. The molecule has 0 bridgehead atoms. The molecule has 0 atom stereocenters. The number of hydrogen-bond donors (Lipinski definition) is 1. The van der Waals surface area contributed by atoms with E-state index < -0.39 is 5.91 Å². The number of benzene rings is 2. The quantitative estimate of drug-likeness (QED) is 0.774. The van der Waals surface area contributed by atoms with Crippen molar-refractivity contribution in [3.63, 3.8) is 0 Å². The monoisotopic (exact) mass is 321 g/mol. The maximum Gasteiger partial charge on any atom is 0.291 e. The predicted molar refractivity (Wildman–Crippen MR) is 95.7 cm³/mol. The largest absolute Gasteiger partial charge is 0.451 e. The van der Waals surface area contributed by atoms with Gasteiger partial charge >= 0.3 is 0 Å². The number of hydrogen-bond acceptors (Lipinski definition) is 3. The first-order chi connectivity index (χ1) is 11.5. The van der Waals surface area contributed by atoms with Crippen LogP contribution < -0.4 is 10.7 Å². The molecule has 24 heavy (non-hydrogen) atoms. The second kappa shape index (κ2) is 6.32. The van der Waals surface area contributed by atoms with Gasteiger partial charge in [0, 0.05) is 11.8 Å². The Morgan fingerprint density at radius 2 is 1.83 bits per heavy atom. The third-order valence-electron chi connectivity index (χ3n) is 4.01. The summed E-state index contributed by atoms with van der Waals surface area (Å²) >= 11 is 0. The van der Waals surface area contributed by atoms with E-state index in [9.17, 15) is 9.59 Å². The summed E-state index contributed by atoms with van der Waals surface area (Å²) in [6.45, 7) is 6.27. The van der Waals surface area contributed by atoms with E-state index in [0.717, 1.165) is 5.56 Å². The molecule has 0 saturated heterocycles. The lowest BCUT2D eigenvalue weighted by Gasteiger charge is -2.12. The summed E-state index contributed by atoms with van der Waals surface area (Å²) in [5, 5.41) is 3.25. The summed E-state index contributed by atoms with van der Waals surface area (Å²) in [7, 11) is 0. The van der Waals surface area contributed by atoms with Gasteiger partial charge in [0.05, 0.1) is 5.39 Å². The van der Waals surface area contributed by atoms with Gasteiger partial charge in [0.15, 0.2) is 11.2 Å². The van der Waals surface area contributed by atoms with Crippen molar-refractivity contribution in [3.8, 4) is 0 Å².